The molecule has 0 aliphatic rings. The first kappa shape index (κ1) is 12.0. The zero-order chi connectivity index (χ0) is 11.7. The molecule has 0 fully saturated rings. The van der Waals surface area contributed by atoms with Gasteiger partial charge in [0.05, 0.1) is 5.56 Å². The zero-order valence-electron chi connectivity index (χ0n) is 7.15. The maximum absolute atomic E-state index is 12.4. The Labute approximate surface area is 84.6 Å². The van der Waals surface area contributed by atoms with Crippen LogP contribution >= 0.6 is 0 Å². The lowest BCUT2D eigenvalue weighted by molar-refractivity contribution is -0.140. The molecule has 1 aromatic carbocycles. The van der Waals surface area contributed by atoms with Crippen molar-refractivity contribution >= 4 is 10.1 Å². The van der Waals surface area contributed by atoms with Crippen LogP contribution in [0.4, 0.5) is 13.2 Å². The lowest BCUT2D eigenvalue weighted by atomic mass is 10.2. The van der Waals surface area contributed by atoms with Crippen LogP contribution in [0.1, 0.15) is 5.56 Å². The second kappa shape index (κ2) is 3.82. The average molecular weight is 238 g/mol. The van der Waals surface area contributed by atoms with Gasteiger partial charge in [0.25, 0.3) is 10.1 Å². The van der Waals surface area contributed by atoms with Gasteiger partial charge in [-0.1, -0.05) is 12.1 Å². The third-order valence-corrected chi connectivity index (χ3v) is 2.74. The molecule has 2 radical (unpaired) electrons. The van der Waals surface area contributed by atoms with E-state index in [4.69, 9.17) is 0 Å². The largest absolute Gasteiger partial charge is 0.417 e. The molecule has 0 aliphatic carbocycles. The maximum atomic E-state index is 12.4. The van der Waals surface area contributed by atoms with Crippen molar-refractivity contribution in [3.8, 4) is 0 Å². The summed E-state index contributed by atoms with van der Waals surface area (Å²) in [6, 6.07) is 3.61. The highest BCUT2D eigenvalue weighted by atomic mass is 32.2. The summed E-state index contributed by atoms with van der Waals surface area (Å²) >= 11 is 0. The molecule has 0 spiro atoms. The Morgan fingerprint density at radius 3 is 2.20 bits per heavy atom. The molecule has 0 N–H and O–H groups in total. The van der Waals surface area contributed by atoms with Crippen molar-refractivity contribution in [2.45, 2.75) is 11.1 Å². The van der Waals surface area contributed by atoms with Gasteiger partial charge in [-0.15, -0.1) is 0 Å². The van der Waals surface area contributed by atoms with Crippen LogP contribution in [0.2, 0.25) is 0 Å². The van der Waals surface area contributed by atoms with Gasteiger partial charge in [-0.25, -0.2) is 0 Å². The monoisotopic (exact) mass is 238 g/mol. The van der Waals surface area contributed by atoms with Crippen LogP contribution in [0, 0.1) is 7.11 Å². The average Bonchev–Trinajstić information content (AvgIpc) is 2.16. The lowest BCUT2D eigenvalue weighted by Crippen LogP contribution is -2.13. The molecule has 7 heteroatoms. The van der Waals surface area contributed by atoms with Crippen molar-refractivity contribution in [3.05, 3.63) is 36.9 Å². The number of rotatable bonds is 2. The molecule has 82 valence electrons. The van der Waals surface area contributed by atoms with Gasteiger partial charge in [-0.3, -0.25) is 4.18 Å². The third-order valence-electron chi connectivity index (χ3n) is 1.59. The predicted octanol–water partition coefficient (Wildman–Crippen LogP) is 2.08. The molecule has 0 aromatic heterocycles. The molecule has 1 aromatic rings. The summed E-state index contributed by atoms with van der Waals surface area (Å²) in [5, 5.41) is 0. The van der Waals surface area contributed by atoms with Crippen LogP contribution in [-0.4, -0.2) is 8.42 Å². The van der Waals surface area contributed by atoms with E-state index < -0.39 is 26.8 Å². The van der Waals surface area contributed by atoms with Crippen molar-refractivity contribution in [1.29, 1.82) is 0 Å². The van der Waals surface area contributed by atoms with Gasteiger partial charge in [0.15, 0.2) is 0 Å². The Morgan fingerprint density at radius 2 is 1.73 bits per heavy atom. The molecule has 0 bridgehead atoms. The third kappa shape index (κ3) is 2.48. The van der Waals surface area contributed by atoms with Crippen LogP contribution in [0.3, 0.4) is 0 Å². The van der Waals surface area contributed by atoms with Gasteiger partial charge in [0.1, 0.15) is 12.0 Å². The highest BCUT2D eigenvalue weighted by molar-refractivity contribution is 7.86. The fraction of sp³-hybridized carbons (Fsp3) is 0.125. The van der Waals surface area contributed by atoms with Gasteiger partial charge in [-0.2, -0.15) is 21.6 Å². The number of hydrogen-bond donors (Lipinski definition) is 0. The van der Waals surface area contributed by atoms with Crippen molar-refractivity contribution < 1.29 is 25.8 Å². The second-order valence-corrected chi connectivity index (χ2v) is 4.08. The Morgan fingerprint density at radius 1 is 1.20 bits per heavy atom. The molecule has 1 rings (SSSR count). The number of hydrogen-bond acceptors (Lipinski definition) is 3. The molecule has 0 saturated heterocycles. The Balaban J connectivity index is 3.45. The van der Waals surface area contributed by atoms with Crippen molar-refractivity contribution in [1.82, 2.24) is 0 Å². The van der Waals surface area contributed by atoms with Gasteiger partial charge < -0.3 is 0 Å². The quantitative estimate of drug-likeness (QED) is 0.741. The molecule has 3 nitrogen and oxygen atoms in total. The molecular formula is C8H5F3O3S. The summed E-state index contributed by atoms with van der Waals surface area (Å²) < 4.78 is 62.6. The molecule has 15 heavy (non-hydrogen) atoms. The standard InChI is InChI=1S/C8H5F3O3S/c1-14-15(12,13)7-5-3-2-4-6(7)8(9,10)11/h1-5H. The number of halogens is 3. The van der Waals surface area contributed by atoms with E-state index in [1.165, 1.54) is 0 Å². The van der Waals surface area contributed by atoms with Crippen molar-refractivity contribution in [3.63, 3.8) is 0 Å². The minimum atomic E-state index is -4.78. The van der Waals surface area contributed by atoms with Crippen LogP contribution < -0.4 is 0 Å². The maximum Gasteiger partial charge on any atom is 0.417 e. The van der Waals surface area contributed by atoms with E-state index in [0.29, 0.717) is 6.07 Å². The first-order chi connectivity index (χ1) is 6.79. The van der Waals surface area contributed by atoms with E-state index >= 15 is 0 Å². The lowest BCUT2D eigenvalue weighted by Gasteiger charge is -2.11. The van der Waals surface area contributed by atoms with E-state index in [9.17, 15) is 21.6 Å². The molecule has 0 saturated carbocycles. The Kier molecular flexibility index (Phi) is 3.05. The molecule has 0 heterocycles. The van der Waals surface area contributed by atoms with Crippen LogP contribution in [0.5, 0.6) is 0 Å². The molecule has 0 amide bonds. The minimum Gasteiger partial charge on any atom is -0.257 e. The molecule has 0 unspecified atom stereocenters. The molecule has 0 atom stereocenters. The smallest absolute Gasteiger partial charge is 0.257 e. The summed E-state index contributed by atoms with van der Waals surface area (Å²) in [6.45, 7) is 0. The SMILES string of the molecule is [CH]OS(=O)(=O)c1ccccc1C(F)(F)F. The van der Waals surface area contributed by atoms with Crippen molar-refractivity contribution in [2.75, 3.05) is 0 Å². The van der Waals surface area contributed by atoms with E-state index in [-0.39, 0.29) is 0 Å². The summed E-state index contributed by atoms with van der Waals surface area (Å²) in [5.74, 6) is 0. The molecule has 0 aliphatic heterocycles. The Hall–Kier alpha value is -1.08. The van der Waals surface area contributed by atoms with Gasteiger partial charge in [0, 0.05) is 0 Å². The highest BCUT2D eigenvalue weighted by Crippen LogP contribution is 2.34. The minimum absolute atomic E-state index is 0.631. The fourth-order valence-electron chi connectivity index (χ4n) is 0.971. The summed E-state index contributed by atoms with van der Waals surface area (Å²) in [5.41, 5.74) is -1.31. The fourth-order valence-corrected chi connectivity index (χ4v) is 1.77. The summed E-state index contributed by atoms with van der Waals surface area (Å²) in [7, 11) is -0.159. The van der Waals surface area contributed by atoms with Gasteiger partial charge in [0.2, 0.25) is 0 Å². The normalized spacial score (nSPS) is 12.8. The van der Waals surface area contributed by atoms with Crippen LogP contribution in [0.25, 0.3) is 0 Å². The Bertz CT molecular complexity index is 450. The van der Waals surface area contributed by atoms with E-state index in [0.717, 1.165) is 18.2 Å². The summed E-state index contributed by atoms with van der Waals surface area (Å²) in [6.07, 6.45) is -4.78. The van der Waals surface area contributed by atoms with E-state index in [1.807, 2.05) is 0 Å². The van der Waals surface area contributed by atoms with Crippen LogP contribution in [-0.2, 0) is 20.5 Å². The number of benzene rings is 1. The first-order valence-electron chi connectivity index (χ1n) is 3.58. The first-order valence-corrected chi connectivity index (χ1v) is 4.99. The van der Waals surface area contributed by atoms with Crippen LogP contribution in [0.15, 0.2) is 29.2 Å². The predicted molar refractivity (Wildman–Crippen MR) is 44.0 cm³/mol. The van der Waals surface area contributed by atoms with E-state index in [2.05, 4.69) is 11.3 Å². The van der Waals surface area contributed by atoms with Gasteiger partial charge in [-0.05, 0) is 12.1 Å². The van der Waals surface area contributed by atoms with Gasteiger partial charge >= 0.3 is 6.18 Å². The van der Waals surface area contributed by atoms with E-state index in [1.54, 1.807) is 0 Å². The summed E-state index contributed by atoms with van der Waals surface area (Å²) in [4.78, 5) is -1.000. The number of alkyl halides is 3. The highest BCUT2D eigenvalue weighted by Gasteiger charge is 2.36. The van der Waals surface area contributed by atoms with Crippen molar-refractivity contribution in [2.24, 2.45) is 0 Å². The molecular weight excluding hydrogens is 233 g/mol. The second-order valence-electron chi connectivity index (χ2n) is 2.54. The topological polar surface area (TPSA) is 43.4 Å². The zero-order valence-corrected chi connectivity index (χ0v) is 7.97.